The van der Waals surface area contributed by atoms with Crippen LogP contribution in [-0.2, 0) is 6.54 Å². The minimum Gasteiger partial charge on any atom is -0.349 e. The predicted molar refractivity (Wildman–Crippen MR) is 111 cm³/mol. The number of nitrogens with one attached hydrogen (secondary N) is 1. The highest BCUT2D eigenvalue weighted by Crippen LogP contribution is 2.37. The summed E-state index contributed by atoms with van der Waals surface area (Å²) in [4.78, 5) is 26.0. The summed E-state index contributed by atoms with van der Waals surface area (Å²) in [5.74, 6) is -0.583. The van der Waals surface area contributed by atoms with E-state index in [9.17, 15) is 19.3 Å². The number of rotatable bonds is 3. The number of amides is 2. The highest BCUT2D eigenvalue weighted by Gasteiger charge is 2.34. The maximum atomic E-state index is 13.5. The molecule has 0 saturated carbocycles. The van der Waals surface area contributed by atoms with Crippen LogP contribution in [0.1, 0.15) is 23.7 Å². The summed E-state index contributed by atoms with van der Waals surface area (Å²) >= 11 is 5.82. The zero-order valence-electron chi connectivity index (χ0n) is 15.8. The molecule has 1 unspecified atom stereocenters. The van der Waals surface area contributed by atoms with E-state index in [0.717, 1.165) is 5.69 Å². The van der Waals surface area contributed by atoms with Crippen LogP contribution in [0.4, 0.5) is 20.6 Å². The molecule has 7 nitrogen and oxygen atoms in total. The molecule has 0 spiro atoms. The van der Waals surface area contributed by atoms with Gasteiger partial charge in [0, 0.05) is 36.7 Å². The van der Waals surface area contributed by atoms with Gasteiger partial charge in [-0.25, -0.2) is 9.18 Å². The van der Waals surface area contributed by atoms with E-state index >= 15 is 0 Å². The van der Waals surface area contributed by atoms with Gasteiger partial charge in [0.1, 0.15) is 11.9 Å². The standard InChI is InChI=1S/C21H18ClFN4O3/c22-16-13-14(8-9-17(16)23)24-21(28)26-12-4-11-25-10-3-7-19(25)20(26)15-5-1-2-6-18(15)27(29)30/h1-3,5-10,13,20H,4,11-12H2,(H,24,28). The summed E-state index contributed by atoms with van der Waals surface area (Å²) < 4.78 is 15.5. The molecule has 1 aromatic heterocycles. The average molecular weight is 429 g/mol. The SMILES string of the molecule is O=C(Nc1ccc(F)c(Cl)c1)N1CCCn2cccc2C1c1ccccc1[N+](=O)[O-]. The van der Waals surface area contributed by atoms with Gasteiger partial charge < -0.3 is 14.8 Å². The zero-order chi connectivity index (χ0) is 21.3. The van der Waals surface area contributed by atoms with Gasteiger partial charge in [0.05, 0.1) is 15.5 Å². The quantitative estimate of drug-likeness (QED) is 0.459. The number of nitro groups is 1. The Hall–Kier alpha value is -3.39. The summed E-state index contributed by atoms with van der Waals surface area (Å²) in [5.41, 5.74) is 1.50. The predicted octanol–water partition coefficient (Wildman–Crippen LogP) is 5.22. The lowest BCUT2D eigenvalue weighted by Crippen LogP contribution is -2.39. The van der Waals surface area contributed by atoms with Crippen LogP contribution in [-0.4, -0.2) is 27.0 Å². The van der Waals surface area contributed by atoms with Crippen LogP contribution in [0.15, 0.2) is 60.8 Å². The van der Waals surface area contributed by atoms with Gasteiger partial charge in [-0.1, -0.05) is 23.7 Å². The second-order valence-corrected chi connectivity index (χ2v) is 7.36. The summed E-state index contributed by atoms with van der Waals surface area (Å²) in [6.45, 7) is 1.07. The largest absolute Gasteiger partial charge is 0.349 e. The average Bonchev–Trinajstić information content (AvgIpc) is 3.10. The zero-order valence-corrected chi connectivity index (χ0v) is 16.6. The minimum atomic E-state index is -0.653. The number of nitrogens with zero attached hydrogens (tertiary/aromatic N) is 3. The summed E-state index contributed by atoms with van der Waals surface area (Å²) in [7, 11) is 0. The van der Waals surface area contributed by atoms with E-state index in [0.29, 0.717) is 30.8 Å². The number of anilines is 1. The molecule has 0 bridgehead atoms. The molecule has 0 fully saturated rings. The molecule has 1 aliphatic heterocycles. The van der Waals surface area contributed by atoms with Crippen molar-refractivity contribution in [3.8, 4) is 0 Å². The maximum absolute atomic E-state index is 13.5. The summed E-state index contributed by atoms with van der Waals surface area (Å²) in [6.07, 6.45) is 2.58. The van der Waals surface area contributed by atoms with Crippen molar-refractivity contribution >= 4 is 29.0 Å². The number of carbonyl (C=O) groups is 1. The van der Waals surface area contributed by atoms with Gasteiger partial charge >= 0.3 is 6.03 Å². The highest BCUT2D eigenvalue weighted by atomic mass is 35.5. The first-order chi connectivity index (χ1) is 14.5. The molecule has 154 valence electrons. The number of halogens is 2. The van der Waals surface area contributed by atoms with Gasteiger partial charge in [-0.2, -0.15) is 0 Å². The molecule has 0 radical (unpaired) electrons. The second-order valence-electron chi connectivity index (χ2n) is 6.95. The molecule has 0 saturated heterocycles. The second kappa shape index (κ2) is 8.16. The van der Waals surface area contributed by atoms with Crippen molar-refractivity contribution in [1.29, 1.82) is 0 Å². The highest BCUT2D eigenvalue weighted by molar-refractivity contribution is 6.31. The Kier molecular flexibility index (Phi) is 5.41. The van der Waals surface area contributed by atoms with E-state index in [1.54, 1.807) is 23.1 Å². The van der Waals surface area contributed by atoms with E-state index in [1.807, 2.05) is 22.9 Å². The minimum absolute atomic E-state index is 0.0558. The maximum Gasteiger partial charge on any atom is 0.322 e. The van der Waals surface area contributed by atoms with E-state index in [2.05, 4.69) is 5.32 Å². The number of hydrogen-bond acceptors (Lipinski definition) is 3. The molecule has 9 heteroatoms. The molecule has 3 aromatic rings. The number of benzene rings is 2. The molecule has 2 heterocycles. The first-order valence-corrected chi connectivity index (χ1v) is 9.74. The molecule has 2 aromatic carbocycles. The molecule has 2 amide bonds. The summed E-state index contributed by atoms with van der Waals surface area (Å²) in [5, 5.41) is 14.3. The van der Waals surface area contributed by atoms with Crippen LogP contribution in [0.2, 0.25) is 5.02 Å². The molecular formula is C21H18ClFN4O3. The molecular weight excluding hydrogens is 411 g/mol. The van der Waals surface area contributed by atoms with Gasteiger partial charge in [0.2, 0.25) is 0 Å². The van der Waals surface area contributed by atoms with Gasteiger partial charge in [0.15, 0.2) is 0 Å². The number of nitro benzene ring substituents is 1. The fourth-order valence-corrected chi connectivity index (χ4v) is 3.96. The molecule has 4 rings (SSSR count). The molecule has 1 N–H and O–H groups in total. The number of hydrogen-bond donors (Lipinski definition) is 1. The lowest BCUT2D eigenvalue weighted by Gasteiger charge is -2.30. The lowest BCUT2D eigenvalue weighted by atomic mass is 10.00. The number of urea groups is 1. The van der Waals surface area contributed by atoms with Crippen LogP contribution < -0.4 is 5.32 Å². The Morgan fingerprint density at radius 3 is 2.73 bits per heavy atom. The third-order valence-corrected chi connectivity index (χ3v) is 5.40. The third-order valence-electron chi connectivity index (χ3n) is 5.11. The number of fused-ring (bicyclic) bond motifs is 1. The number of aromatic nitrogens is 1. The Morgan fingerprint density at radius 1 is 1.17 bits per heavy atom. The lowest BCUT2D eigenvalue weighted by molar-refractivity contribution is -0.385. The Labute approximate surface area is 176 Å². The summed E-state index contributed by atoms with van der Waals surface area (Å²) in [6, 6.07) is 13.0. The van der Waals surface area contributed by atoms with Crippen LogP contribution >= 0.6 is 11.6 Å². The van der Waals surface area contributed by atoms with Crippen LogP contribution in [0, 0.1) is 15.9 Å². The van der Waals surface area contributed by atoms with Crippen molar-refractivity contribution in [2.45, 2.75) is 19.0 Å². The van der Waals surface area contributed by atoms with Crippen molar-refractivity contribution in [1.82, 2.24) is 9.47 Å². The third kappa shape index (κ3) is 3.73. The number of aryl methyl sites for hydroxylation is 1. The Balaban J connectivity index is 1.76. The van der Waals surface area contributed by atoms with E-state index in [4.69, 9.17) is 11.6 Å². The van der Waals surface area contributed by atoms with Crippen molar-refractivity contribution < 1.29 is 14.1 Å². The smallest absolute Gasteiger partial charge is 0.322 e. The van der Waals surface area contributed by atoms with Crippen molar-refractivity contribution in [2.24, 2.45) is 0 Å². The Bertz CT molecular complexity index is 1120. The fraction of sp³-hybridized carbons (Fsp3) is 0.190. The first kappa shape index (κ1) is 19.9. The Morgan fingerprint density at radius 2 is 1.97 bits per heavy atom. The topological polar surface area (TPSA) is 80.4 Å². The van der Waals surface area contributed by atoms with E-state index in [-0.39, 0.29) is 10.7 Å². The number of carbonyl (C=O) groups excluding carboxylic acids is 1. The van der Waals surface area contributed by atoms with Gasteiger partial charge in [-0.3, -0.25) is 10.1 Å². The monoisotopic (exact) mass is 428 g/mol. The van der Waals surface area contributed by atoms with Crippen molar-refractivity contribution in [3.63, 3.8) is 0 Å². The van der Waals surface area contributed by atoms with Crippen LogP contribution in [0.25, 0.3) is 0 Å². The van der Waals surface area contributed by atoms with Gasteiger partial charge in [-0.05, 0) is 42.8 Å². The van der Waals surface area contributed by atoms with Crippen molar-refractivity contribution in [3.05, 3.63) is 93.0 Å². The van der Waals surface area contributed by atoms with Gasteiger partial charge in [-0.15, -0.1) is 0 Å². The van der Waals surface area contributed by atoms with Crippen LogP contribution in [0.5, 0.6) is 0 Å². The molecule has 1 atom stereocenters. The number of para-hydroxylation sites is 1. The fourth-order valence-electron chi connectivity index (χ4n) is 3.78. The molecule has 1 aliphatic rings. The molecule has 30 heavy (non-hydrogen) atoms. The van der Waals surface area contributed by atoms with E-state index < -0.39 is 22.8 Å². The van der Waals surface area contributed by atoms with E-state index in [1.165, 1.54) is 24.3 Å². The normalized spacial score (nSPS) is 15.9. The van der Waals surface area contributed by atoms with Crippen molar-refractivity contribution in [2.75, 3.05) is 11.9 Å². The molecule has 0 aliphatic carbocycles. The van der Waals surface area contributed by atoms with Crippen LogP contribution in [0.3, 0.4) is 0 Å². The van der Waals surface area contributed by atoms with Gasteiger partial charge in [0.25, 0.3) is 5.69 Å². The first-order valence-electron chi connectivity index (χ1n) is 9.36.